The molecule has 0 aliphatic heterocycles. The Bertz CT molecular complexity index is 220. The van der Waals surface area contributed by atoms with Gasteiger partial charge in [0.2, 0.25) is 0 Å². The first-order valence-corrected chi connectivity index (χ1v) is 4.77. The highest BCUT2D eigenvalue weighted by molar-refractivity contribution is 14.1. The van der Waals surface area contributed by atoms with Gasteiger partial charge in [0, 0.05) is 8.61 Å². The van der Waals surface area contributed by atoms with Crippen LogP contribution in [0.3, 0.4) is 0 Å². The minimum absolute atomic E-state index is 0.805. The van der Waals surface area contributed by atoms with Crippen LogP contribution in [-0.4, -0.2) is 0 Å². The largest absolute Gasteiger partial charge is 0.0895 e. The average Bonchev–Trinajstić information content (AvgIpc) is 1.84. The Morgan fingerprint density at radius 2 is 1.82 bits per heavy atom. The minimum Gasteiger partial charge on any atom is -0.0895 e. The summed E-state index contributed by atoms with van der Waals surface area (Å²) < 4.78 is 1.06. The van der Waals surface area contributed by atoms with E-state index in [1.807, 2.05) is 26.8 Å². The fraction of sp³-hybridized carbons (Fsp3) is 0.333. The highest BCUT2D eigenvalue weighted by Crippen LogP contribution is 2.20. The van der Waals surface area contributed by atoms with Crippen LogP contribution < -0.4 is 0 Å². The fourth-order valence-electron chi connectivity index (χ4n) is 0.621. The number of halogens is 2. The molecule has 2 heteroatoms. The maximum absolute atomic E-state index is 5.72. The summed E-state index contributed by atoms with van der Waals surface area (Å²) in [6.45, 7) is 9.78. The molecule has 0 saturated carbocycles. The monoisotopic (exact) mass is 282 g/mol. The van der Waals surface area contributed by atoms with Gasteiger partial charge in [-0.3, -0.25) is 0 Å². The smallest absolute Gasteiger partial charge is 0.0152 e. The second kappa shape index (κ2) is 4.99. The van der Waals surface area contributed by atoms with Crippen LogP contribution in [0.25, 0.3) is 0 Å². The Kier molecular flexibility index (Phi) is 5.10. The molecule has 62 valence electrons. The second-order valence-electron chi connectivity index (χ2n) is 2.44. The van der Waals surface area contributed by atoms with Crippen LogP contribution in [0.1, 0.15) is 20.8 Å². The zero-order valence-electron chi connectivity index (χ0n) is 7.04. The topological polar surface area (TPSA) is 0 Å². The molecule has 0 unspecified atom stereocenters. The van der Waals surface area contributed by atoms with E-state index < -0.39 is 0 Å². The minimum atomic E-state index is 0.805. The molecule has 0 aliphatic rings. The molecule has 0 spiro atoms. The van der Waals surface area contributed by atoms with Crippen LogP contribution in [0.2, 0.25) is 0 Å². The highest BCUT2D eigenvalue weighted by atomic mass is 127. The molecule has 0 atom stereocenters. The lowest BCUT2D eigenvalue weighted by Crippen LogP contribution is -1.79. The molecule has 0 radical (unpaired) electrons. The third-order valence-electron chi connectivity index (χ3n) is 1.41. The summed E-state index contributed by atoms with van der Waals surface area (Å²) in [6, 6.07) is 0. The van der Waals surface area contributed by atoms with Gasteiger partial charge in [-0.2, -0.15) is 0 Å². The van der Waals surface area contributed by atoms with E-state index in [1.54, 1.807) is 0 Å². The Morgan fingerprint density at radius 3 is 2.09 bits per heavy atom. The van der Waals surface area contributed by atoms with Crippen molar-refractivity contribution in [3.05, 3.63) is 32.4 Å². The SMILES string of the molecule is C=C(I)/C(C)=C(C)\C=C(/C)Cl. The van der Waals surface area contributed by atoms with Crippen LogP contribution >= 0.6 is 34.2 Å². The van der Waals surface area contributed by atoms with Crippen molar-refractivity contribution in [2.75, 3.05) is 0 Å². The third kappa shape index (κ3) is 4.64. The first-order valence-electron chi connectivity index (χ1n) is 3.31. The quantitative estimate of drug-likeness (QED) is 0.520. The number of hydrogen-bond acceptors (Lipinski definition) is 0. The van der Waals surface area contributed by atoms with E-state index in [1.165, 1.54) is 11.1 Å². The number of rotatable bonds is 2. The maximum atomic E-state index is 5.72. The zero-order valence-corrected chi connectivity index (χ0v) is 9.95. The second-order valence-corrected chi connectivity index (χ2v) is 4.34. The van der Waals surface area contributed by atoms with Crippen molar-refractivity contribution in [1.29, 1.82) is 0 Å². The molecule has 0 amide bonds. The van der Waals surface area contributed by atoms with Crippen LogP contribution in [0.5, 0.6) is 0 Å². The first-order chi connectivity index (χ1) is 4.95. The molecule has 0 heterocycles. The van der Waals surface area contributed by atoms with Gasteiger partial charge in [0.15, 0.2) is 0 Å². The predicted molar refractivity (Wildman–Crippen MR) is 61.1 cm³/mol. The molecule has 0 saturated heterocycles. The van der Waals surface area contributed by atoms with Gasteiger partial charge >= 0.3 is 0 Å². The van der Waals surface area contributed by atoms with Crippen molar-refractivity contribution >= 4 is 34.2 Å². The van der Waals surface area contributed by atoms with Crippen LogP contribution in [-0.2, 0) is 0 Å². The predicted octanol–water partition coefficient (Wildman–Crippen LogP) is 4.41. The third-order valence-corrected chi connectivity index (χ3v) is 2.33. The van der Waals surface area contributed by atoms with Crippen LogP contribution in [0.15, 0.2) is 32.4 Å². The van der Waals surface area contributed by atoms with Crippen molar-refractivity contribution in [2.45, 2.75) is 20.8 Å². The molecular formula is C9H12ClI. The Balaban J connectivity index is 4.68. The van der Waals surface area contributed by atoms with Gasteiger partial charge in [-0.15, -0.1) is 0 Å². The molecule has 0 N–H and O–H groups in total. The highest BCUT2D eigenvalue weighted by Gasteiger charge is 1.95. The fourth-order valence-corrected chi connectivity index (χ4v) is 1.21. The summed E-state index contributed by atoms with van der Waals surface area (Å²) in [5.41, 5.74) is 2.38. The van der Waals surface area contributed by atoms with E-state index in [0.29, 0.717) is 0 Å². The van der Waals surface area contributed by atoms with E-state index in [0.717, 1.165) is 8.61 Å². The Morgan fingerprint density at radius 1 is 1.36 bits per heavy atom. The summed E-state index contributed by atoms with van der Waals surface area (Å²) in [4.78, 5) is 0. The van der Waals surface area contributed by atoms with Gasteiger partial charge in [0.05, 0.1) is 0 Å². The molecule has 0 aromatic heterocycles. The molecule has 0 fully saturated rings. The van der Waals surface area contributed by atoms with Gasteiger partial charge in [0.25, 0.3) is 0 Å². The lowest BCUT2D eigenvalue weighted by Gasteiger charge is -2.00. The van der Waals surface area contributed by atoms with E-state index >= 15 is 0 Å². The first kappa shape index (κ1) is 11.2. The van der Waals surface area contributed by atoms with Gasteiger partial charge in [-0.05, 0) is 60.6 Å². The molecule has 0 rings (SSSR count). The zero-order chi connectivity index (χ0) is 9.02. The van der Waals surface area contributed by atoms with Crippen LogP contribution in [0, 0.1) is 0 Å². The summed E-state index contributed by atoms with van der Waals surface area (Å²) in [6.07, 6.45) is 1.95. The average molecular weight is 283 g/mol. The van der Waals surface area contributed by atoms with Crippen molar-refractivity contribution in [2.24, 2.45) is 0 Å². The summed E-state index contributed by atoms with van der Waals surface area (Å²) >= 11 is 7.92. The lowest BCUT2D eigenvalue weighted by atomic mass is 10.1. The summed E-state index contributed by atoms with van der Waals surface area (Å²) in [5, 5.41) is 0.805. The molecule has 0 bridgehead atoms. The van der Waals surface area contributed by atoms with Gasteiger partial charge < -0.3 is 0 Å². The van der Waals surface area contributed by atoms with Gasteiger partial charge in [0.1, 0.15) is 0 Å². The normalized spacial score (nSPS) is 14.5. The van der Waals surface area contributed by atoms with E-state index in [2.05, 4.69) is 29.2 Å². The maximum Gasteiger partial charge on any atom is 0.0152 e. The summed E-state index contributed by atoms with van der Waals surface area (Å²) in [5.74, 6) is 0. The number of hydrogen-bond donors (Lipinski definition) is 0. The molecule has 0 nitrogen and oxygen atoms in total. The van der Waals surface area contributed by atoms with Crippen molar-refractivity contribution in [1.82, 2.24) is 0 Å². The summed E-state index contributed by atoms with van der Waals surface area (Å²) in [7, 11) is 0. The van der Waals surface area contributed by atoms with Crippen molar-refractivity contribution < 1.29 is 0 Å². The van der Waals surface area contributed by atoms with E-state index in [9.17, 15) is 0 Å². The standard InChI is InChI=1S/C9H12ClI/c1-6(5-7(2)10)8(3)9(4)11/h5H,4H2,1-3H3/b7-5+,8-6-. The molecule has 0 aromatic carbocycles. The van der Waals surface area contributed by atoms with Crippen molar-refractivity contribution in [3.8, 4) is 0 Å². The molecule has 0 aromatic rings. The van der Waals surface area contributed by atoms with E-state index in [4.69, 9.17) is 11.6 Å². The lowest BCUT2D eigenvalue weighted by molar-refractivity contribution is 1.36. The van der Waals surface area contributed by atoms with Crippen molar-refractivity contribution in [3.63, 3.8) is 0 Å². The number of allylic oxidation sites excluding steroid dienone is 5. The van der Waals surface area contributed by atoms with Crippen LogP contribution in [0.4, 0.5) is 0 Å². The van der Waals surface area contributed by atoms with E-state index in [-0.39, 0.29) is 0 Å². The van der Waals surface area contributed by atoms with Gasteiger partial charge in [-0.1, -0.05) is 18.2 Å². The Hall–Kier alpha value is 0.240. The van der Waals surface area contributed by atoms with Gasteiger partial charge in [-0.25, -0.2) is 0 Å². The molecular weight excluding hydrogens is 270 g/mol. The molecule has 0 aliphatic carbocycles. The Labute approximate surface area is 87.2 Å². The molecule has 11 heavy (non-hydrogen) atoms.